The molecule has 2 amide bonds. The summed E-state index contributed by atoms with van der Waals surface area (Å²) in [6, 6.07) is 17.0. The fourth-order valence-electron chi connectivity index (χ4n) is 3.41. The van der Waals surface area contributed by atoms with Crippen LogP contribution in [0.4, 0.5) is 5.82 Å². The predicted molar refractivity (Wildman–Crippen MR) is 125 cm³/mol. The van der Waals surface area contributed by atoms with Crippen molar-refractivity contribution in [3.63, 3.8) is 0 Å². The second kappa shape index (κ2) is 8.85. The molecule has 11 nitrogen and oxygen atoms in total. The molecule has 0 saturated heterocycles. The highest BCUT2D eigenvalue weighted by Crippen LogP contribution is 2.34. The van der Waals surface area contributed by atoms with E-state index in [0.29, 0.717) is 0 Å². The van der Waals surface area contributed by atoms with Crippen molar-refractivity contribution in [3.05, 3.63) is 89.8 Å². The molecule has 3 heterocycles. The van der Waals surface area contributed by atoms with Gasteiger partial charge in [0.05, 0.1) is 10.5 Å². The molecule has 0 atom stereocenters. The van der Waals surface area contributed by atoms with E-state index >= 15 is 0 Å². The molecule has 0 saturated carbocycles. The summed E-state index contributed by atoms with van der Waals surface area (Å²) in [6.07, 6.45) is 1.49. The van der Waals surface area contributed by atoms with Crippen LogP contribution in [-0.2, 0) is 24.8 Å². The Kier molecular flexibility index (Phi) is 6.05. The number of aliphatic hydroxyl groups is 1. The molecule has 3 N–H and O–H groups in total. The maximum absolute atomic E-state index is 12.5. The zero-order chi connectivity index (χ0) is 25.4. The number of hydrogen-bond donors (Lipinski definition) is 3. The number of carbonyl (C=O) groups is 2. The number of rotatable bonds is 2. The van der Waals surface area contributed by atoms with Gasteiger partial charge in [0, 0.05) is 18.8 Å². The Morgan fingerprint density at radius 2 is 1.51 bits per heavy atom. The van der Waals surface area contributed by atoms with Crippen molar-refractivity contribution < 1.29 is 31.5 Å². The number of nitrogens with zero attached hydrogens (tertiary/aromatic N) is 2. The number of anilines is 1. The third-order valence-electron chi connectivity index (χ3n) is 5.09. The summed E-state index contributed by atoms with van der Waals surface area (Å²) in [7, 11) is -6.24. The van der Waals surface area contributed by atoms with Gasteiger partial charge in [-0.2, -0.15) is 0 Å². The van der Waals surface area contributed by atoms with Crippen LogP contribution in [-0.4, -0.2) is 50.1 Å². The maximum atomic E-state index is 12.5. The van der Waals surface area contributed by atoms with Crippen LogP contribution in [0.5, 0.6) is 0 Å². The van der Waals surface area contributed by atoms with Crippen molar-refractivity contribution in [2.45, 2.75) is 9.79 Å². The van der Waals surface area contributed by atoms with E-state index in [0.717, 1.165) is 4.31 Å². The van der Waals surface area contributed by atoms with Crippen molar-refractivity contribution in [2.24, 2.45) is 0 Å². The number of hydrogen-bond acceptors (Lipinski definition) is 8. The smallest absolute Gasteiger partial charge is 0.277 e. The van der Waals surface area contributed by atoms with Gasteiger partial charge in [0.15, 0.2) is 11.5 Å². The van der Waals surface area contributed by atoms with Crippen molar-refractivity contribution in [3.8, 4) is 0 Å². The molecule has 35 heavy (non-hydrogen) atoms. The molecule has 0 fully saturated rings. The number of benzene rings is 2. The Balaban J connectivity index is 0.000000201. The molecule has 0 radical (unpaired) electrons. The number of amides is 2. The summed E-state index contributed by atoms with van der Waals surface area (Å²) in [6.45, 7) is 0. The lowest BCUT2D eigenvalue weighted by molar-refractivity contribution is -0.113. The van der Waals surface area contributed by atoms with E-state index in [9.17, 15) is 31.5 Å². The first-order chi connectivity index (χ1) is 16.5. The SMILES string of the molecule is CN1C(C(=O)Nc2ccccn2)=C(O)c2ccccc2S1(=O)=O.O=C1NS(=O)(=O)c2ccccc21. The Bertz CT molecular complexity index is 1580. The monoisotopic (exact) mass is 514 g/mol. The lowest BCUT2D eigenvalue weighted by atomic mass is 10.1. The standard InChI is InChI=1S/C15H13N3O4S.C7H5NO3S/c1-18-13(15(20)17-12-8-4-5-9-16-12)14(19)10-6-2-3-7-11(10)23(18,21)22;9-7-5-3-1-2-4-6(5)12(10,11)8-7/h2-9,19H,1H3,(H,16,17,20);1-4H,(H,8,9). The van der Waals surface area contributed by atoms with E-state index in [2.05, 4.69) is 10.3 Å². The van der Waals surface area contributed by atoms with Gasteiger partial charge in [0.1, 0.15) is 10.7 Å². The first-order valence-corrected chi connectivity index (χ1v) is 12.9. The number of aliphatic hydroxyl groups excluding tert-OH is 1. The van der Waals surface area contributed by atoms with E-state index in [-0.39, 0.29) is 32.4 Å². The topological polar surface area (TPSA) is 163 Å². The molecular weight excluding hydrogens is 496 g/mol. The van der Waals surface area contributed by atoms with Crippen LogP contribution >= 0.6 is 0 Å². The van der Waals surface area contributed by atoms with E-state index in [1.54, 1.807) is 42.5 Å². The molecule has 5 rings (SSSR count). The average molecular weight is 515 g/mol. The van der Waals surface area contributed by atoms with E-state index in [1.165, 1.54) is 37.5 Å². The minimum absolute atomic E-state index is 0.0469. The fraction of sp³-hybridized carbons (Fsp3) is 0.0455. The second-order valence-electron chi connectivity index (χ2n) is 7.27. The lowest BCUT2D eigenvalue weighted by Crippen LogP contribution is -2.37. The Morgan fingerprint density at radius 1 is 0.914 bits per heavy atom. The summed E-state index contributed by atoms with van der Waals surface area (Å²) in [5.74, 6) is -1.46. The molecule has 0 unspecified atom stereocenters. The van der Waals surface area contributed by atoms with Crippen molar-refractivity contribution in [2.75, 3.05) is 12.4 Å². The van der Waals surface area contributed by atoms with Crippen LogP contribution in [0, 0.1) is 0 Å². The molecule has 1 aromatic heterocycles. The Hall–Kier alpha value is -4.23. The Labute approximate surface area is 200 Å². The van der Waals surface area contributed by atoms with Gasteiger partial charge in [-0.05, 0) is 36.4 Å². The molecule has 180 valence electrons. The predicted octanol–water partition coefficient (Wildman–Crippen LogP) is 1.70. The van der Waals surface area contributed by atoms with Gasteiger partial charge in [-0.25, -0.2) is 26.5 Å². The number of fused-ring (bicyclic) bond motifs is 2. The summed E-state index contributed by atoms with van der Waals surface area (Å²) in [5.41, 5.74) is -0.0383. The molecule has 2 aliphatic heterocycles. The van der Waals surface area contributed by atoms with Crippen LogP contribution in [0.15, 0.2) is 88.4 Å². The summed E-state index contributed by atoms with van der Waals surface area (Å²) in [5, 5.41) is 12.8. The number of carbonyl (C=O) groups excluding carboxylic acids is 2. The third kappa shape index (κ3) is 4.34. The van der Waals surface area contributed by atoms with E-state index in [4.69, 9.17) is 0 Å². The van der Waals surface area contributed by atoms with Gasteiger partial charge in [0.25, 0.3) is 31.9 Å². The highest BCUT2D eigenvalue weighted by Gasteiger charge is 2.37. The first kappa shape index (κ1) is 23.9. The lowest BCUT2D eigenvalue weighted by Gasteiger charge is -2.28. The molecule has 13 heteroatoms. The molecule has 0 bridgehead atoms. The molecule has 0 aliphatic carbocycles. The number of likely N-dealkylation sites (N-methyl/N-ethyl adjacent to an activating group) is 1. The summed E-state index contributed by atoms with van der Waals surface area (Å²) in [4.78, 5) is 27.4. The van der Waals surface area contributed by atoms with Gasteiger partial charge in [0.2, 0.25) is 0 Å². The number of pyridine rings is 1. The second-order valence-corrected chi connectivity index (χ2v) is 10.9. The van der Waals surface area contributed by atoms with Crippen LogP contribution in [0.25, 0.3) is 5.76 Å². The largest absolute Gasteiger partial charge is 0.505 e. The van der Waals surface area contributed by atoms with Crippen LogP contribution < -0.4 is 10.0 Å². The van der Waals surface area contributed by atoms with Gasteiger partial charge >= 0.3 is 0 Å². The average Bonchev–Trinajstić information content (AvgIpc) is 3.07. The van der Waals surface area contributed by atoms with Crippen LogP contribution in [0.3, 0.4) is 0 Å². The summed E-state index contributed by atoms with van der Waals surface area (Å²) < 4.78 is 49.9. The molecular formula is C22H18N4O7S2. The van der Waals surface area contributed by atoms with Gasteiger partial charge in [-0.1, -0.05) is 30.3 Å². The van der Waals surface area contributed by atoms with E-state index < -0.39 is 37.6 Å². The number of sulfonamides is 2. The molecule has 2 aromatic carbocycles. The van der Waals surface area contributed by atoms with Crippen molar-refractivity contribution in [1.29, 1.82) is 0 Å². The minimum Gasteiger partial charge on any atom is -0.505 e. The quantitative estimate of drug-likeness (QED) is 0.465. The van der Waals surface area contributed by atoms with Gasteiger partial charge < -0.3 is 10.4 Å². The van der Waals surface area contributed by atoms with E-state index in [1.807, 2.05) is 4.72 Å². The minimum atomic E-state index is -3.91. The molecule has 2 aliphatic rings. The van der Waals surface area contributed by atoms with Crippen LogP contribution in [0.2, 0.25) is 0 Å². The molecule has 0 spiro atoms. The zero-order valence-electron chi connectivity index (χ0n) is 18.0. The normalized spacial score (nSPS) is 16.8. The van der Waals surface area contributed by atoms with Crippen LogP contribution in [0.1, 0.15) is 15.9 Å². The number of aromatic nitrogens is 1. The number of nitrogens with one attached hydrogen (secondary N) is 2. The fourth-order valence-corrected chi connectivity index (χ4v) is 5.98. The van der Waals surface area contributed by atoms with Crippen molar-refractivity contribution >= 4 is 43.4 Å². The summed E-state index contributed by atoms with van der Waals surface area (Å²) >= 11 is 0. The third-order valence-corrected chi connectivity index (χ3v) is 8.29. The van der Waals surface area contributed by atoms with Crippen molar-refractivity contribution in [1.82, 2.24) is 14.0 Å². The molecule has 3 aromatic rings. The van der Waals surface area contributed by atoms with Gasteiger partial charge in [-0.3, -0.25) is 13.9 Å². The Morgan fingerprint density at radius 3 is 2.14 bits per heavy atom. The van der Waals surface area contributed by atoms with Gasteiger partial charge in [-0.15, -0.1) is 0 Å². The maximum Gasteiger partial charge on any atom is 0.277 e. The highest BCUT2D eigenvalue weighted by molar-refractivity contribution is 7.90. The highest BCUT2D eigenvalue weighted by atomic mass is 32.2. The first-order valence-electron chi connectivity index (χ1n) is 9.94. The zero-order valence-corrected chi connectivity index (χ0v) is 19.7.